The van der Waals surface area contributed by atoms with Crippen molar-refractivity contribution < 1.29 is 9.47 Å². The molecule has 1 aromatic rings. The minimum Gasteiger partial charge on any atom is -0.490 e. The monoisotopic (exact) mass is 292 g/mol. The summed E-state index contributed by atoms with van der Waals surface area (Å²) in [5.74, 6) is 1.69. The van der Waals surface area contributed by atoms with E-state index in [1.165, 1.54) is 18.4 Å². The number of rotatable bonds is 6. The van der Waals surface area contributed by atoms with Crippen molar-refractivity contribution in [1.29, 1.82) is 0 Å². The number of likely N-dealkylation sites (N-methyl/N-ethyl adjacent to an activating group) is 1. The molecule has 0 aromatic heterocycles. The van der Waals surface area contributed by atoms with Gasteiger partial charge in [0.05, 0.1) is 13.2 Å². The summed E-state index contributed by atoms with van der Waals surface area (Å²) in [6.07, 6.45) is 3.29. The molecule has 2 unspecified atom stereocenters. The highest BCUT2D eigenvalue weighted by atomic mass is 16.5. The van der Waals surface area contributed by atoms with Gasteiger partial charge in [0.1, 0.15) is 0 Å². The third-order valence-electron chi connectivity index (χ3n) is 4.27. The molecule has 0 saturated heterocycles. The lowest BCUT2D eigenvalue weighted by Gasteiger charge is -2.33. The summed E-state index contributed by atoms with van der Waals surface area (Å²) < 4.78 is 11.5. The molecule has 0 amide bonds. The minimum absolute atomic E-state index is 0.212. The molecule has 21 heavy (non-hydrogen) atoms. The Balaban J connectivity index is 2.20. The molecular weight excluding hydrogens is 264 g/mol. The van der Waals surface area contributed by atoms with E-state index in [4.69, 9.17) is 15.2 Å². The van der Waals surface area contributed by atoms with Gasteiger partial charge >= 0.3 is 0 Å². The number of ether oxygens (including phenoxy) is 2. The molecule has 4 heteroatoms. The standard InChI is InChI=1S/C17H28N2O2/c1-4-6-13(2)19(3)15(12-18)14-7-8-16-17(11-14)21-10-5-9-20-16/h7-8,11,13,15H,4-6,9-10,12,18H2,1-3H3. The van der Waals surface area contributed by atoms with Gasteiger partial charge in [-0.1, -0.05) is 19.4 Å². The van der Waals surface area contributed by atoms with Crippen molar-refractivity contribution in [3.8, 4) is 11.5 Å². The van der Waals surface area contributed by atoms with Crippen LogP contribution in [0.5, 0.6) is 11.5 Å². The Morgan fingerprint density at radius 3 is 2.62 bits per heavy atom. The first-order valence-corrected chi connectivity index (χ1v) is 7.99. The molecule has 0 fully saturated rings. The predicted molar refractivity (Wildman–Crippen MR) is 86.0 cm³/mol. The van der Waals surface area contributed by atoms with Crippen molar-refractivity contribution in [2.75, 3.05) is 26.8 Å². The first-order valence-electron chi connectivity index (χ1n) is 7.99. The molecule has 2 atom stereocenters. The highest BCUT2D eigenvalue weighted by Crippen LogP contribution is 2.33. The van der Waals surface area contributed by atoms with Crippen molar-refractivity contribution >= 4 is 0 Å². The van der Waals surface area contributed by atoms with E-state index in [9.17, 15) is 0 Å². The van der Waals surface area contributed by atoms with Gasteiger partial charge in [-0.2, -0.15) is 0 Å². The fraction of sp³-hybridized carbons (Fsp3) is 0.647. The zero-order valence-corrected chi connectivity index (χ0v) is 13.5. The minimum atomic E-state index is 0.212. The zero-order chi connectivity index (χ0) is 15.2. The maximum atomic E-state index is 6.03. The van der Waals surface area contributed by atoms with Gasteiger partial charge in [-0.05, 0) is 38.1 Å². The summed E-state index contributed by atoms with van der Waals surface area (Å²) >= 11 is 0. The maximum Gasteiger partial charge on any atom is 0.161 e. The largest absolute Gasteiger partial charge is 0.490 e. The number of nitrogens with two attached hydrogens (primary N) is 1. The van der Waals surface area contributed by atoms with Crippen molar-refractivity contribution in [3.63, 3.8) is 0 Å². The van der Waals surface area contributed by atoms with Gasteiger partial charge in [-0.15, -0.1) is 0 Å². The molecule has 1 aliphatic rings. The molecule has 118 valence electrons. The normalized spacial score (nSPS) is 17.4. The molecule has 0 aliphatic carbocycles. The number of benzene rings is 1. The Morgan fingerprint density at radius 2 is 1.95 bits per heavy atom. The van der Waals surface area contributed by atoms with E-state index >= 15 is 0 Å². The number of hydrogen-bond donors (Lipinski definition) is 1. The average molecular weight is 292 g/mol. The van der Waals surface area contributed by atoms with Crippen LogP contribution in [0.3, 0.4) is 0 Å². The molecule has 0 bridgehead atoms. The highest BCUT2D eigenvalue weighted by molar-refractivity contribution is 5.44. The van der Waals surface area contributed by atoms with Gasteiger partial charge in [0.2, 0.25) is 0 Å². The second kappa shape index (κ2) is 7.66. The topological polar surface area (TPSA) is 47.7 Å². The first kappa shape index (κ1) is 16.1. The number of hydrogen-bond acceptors (Lipinski definition) is 4. The third-order valence-corrected chi connectivity index (χ3v) is 4.27. The van der Waals surface area contributed by atoms with Crippen molar-refractivity contribution in [2.24, 2.45) is 5.73 Å². The van der Waals surface area contributed by atoms with E-state index < -0.39 is 0 Å². The van der Waals surface area contributed by atoms with Gasteiger partial charge in [-0.25, -0.2) is 0 Å². The SMILES string of the molecule is CCCC(C)N(C)C(CN)c1ccc2c(c1)OCCCO2. The van der Waals surface area contributed by atoms with Crippen LogP contribution in [0.1, 0.15) is 44.7 Å². The van der Waals surface area contributed by atoms with Crippen LogP contribution in [0, 0.1) is 0 Å². The molecule has 0 radical (unpaired) electrons. The average Bonchev–Trinajstić information content (AvgIpc) is 2.73. The van der Waals surface area contributed by atoms with Gasteiger partial charge in [0.25, 0.3) is 0 Å². The summed E-state index contributed by atoms with van der Waals surface area (Å²) in [7, 11) is 2.15. The zero-order valence-electron chi connectivity index (χ0n) is 13.5. The van der Waals surface area contributed by atoms with Crippen LogP contribution in [0.25, 0.3) is 0 Å². The summed E-state index contributed by atoms with van der Waals surface area (Å²) in [6, 6.07) is 6.94. The maximum absolute atomic E-state index is 6.03. The molecule has 1 heterocycles. The molecule has 2 N–H and O–H groups in total. The Bertz CT molecular complexity index is 450. The molecule has 4 nitrogen and oxygen atoms in total. The van der Waals surface area contributed by atoms with Gasteiger partial charge < -0.3 is 15.2 Å². The van der Waals surface area contributed by atoms with Crippen molar-refractivity contribution in [1.82, 2.24) is 4.90 Å². The van der Waals surface area contributed by atoms with Crippen LogP contribution in [-0.2, 0) is 0 Å². The summed E-state index contributed by atoms with van der Waals surface area (Å²) in [6.45, 7) is 6.51. The third kappa shape index (κ3) is 3.89. The Morgan fingerprint density at radius 1 is 1.24 bits per heavy atom. The van der Waals surface area contributed by atoms with Crippen LogP contribution in [0.2, 0.25) is 0 Å². The van der Waals surface area contributed by atoms with Crippen molar-refractivity contribution in [2.45, 2.75) is 45.2 Å². The molecule has 0 saturated carbocycles. The first-order chi connectivity index (χ1) is 10.2. The molecule has 2 rings (SSSR count). The van der Waals surface area contributed by atoms with Gasteiger partial charge in [0.15, 0.2) is 11.5 Å². The second-order valence-electron chi connectivity index (χ2n) is 5.81. The fourth-order valence-corrected chi connectivity index (χ4v) is 2.85. The quantitative estimate of drug-likeness (QED) is 0.875. The van der Waals surface area contributed by atoms with E-state index in [0.717, 1.165) is 24.5 Å². The second-order valence-corrected chi connectivity index (χ2v) is 5.81. The Kier molecular flexibility index (Phi) is 5.88. The lowest BCUT2D eigenvalue weighted by atomic mass is 10.0. The van der Waals surface area contributed by atoms with E-state index in [2.05, 4.69) is 37.9 Å². The van der Waals surface area contributed by atoms with Gasteiger partial charge in [0, 0.05) is 25.0 Å². The van der Waals surface area contributed by atoms with E-state index in [1.54, 1.807) is 0 Å². The van der Waals surface area contributed by atoms with Gasteiger partial charge in [-0.3, -0.25) is 4.90 Å². The molecule has 1 aliphatic heterocycles. The van der Waals surface area contributed by atoms with E-state index in [0.29, 0.717) is 19.2 Å². The summed E-state index contributed by atoms with van der Waals surface area (Å²) in [5.41, 5.74) is 7.23. The Hall–Kier alpha value is -1.26. The van der Waals surface area contributed by atoms with Crippen LogP contribution >= 0.6 is 0 Å². The van der Waals surface area contributed by atoms with E-state index in [-0.39, 0.29) is 6.04 Å². The van der Waals surface area contributed by atoms with Crippen molar-refractivity contribution in [3.05, 3.63) is 23.8 Å². The summed E-state index contributed by atoms with van der Waals surface area (Å²) in [4.78, 5) is 2.36. The summed E-state index contributed by atoms with van der Waals surface area (Å²) in [5, 5.41) is 0. The number of nitrogens with zero attached hydrogens (tertiary/aromatic N) is 1. The smallest absolute Gasteiger partial charge is 0.161 e. The van der Waals surface area contributed by atoms with Crippen LogP contribution in [-0.4, -0.2) is 37.7 Å². The lowest BCUT2D eigenvalue weighted by Crippen LogP contribution is -2.37. The van der Waals surface area contributed by atoms with Crippen LogP contribution in [0.15, 0.2) is 18.2 Å². The molecular formula is C17H28N2O2. The highest BCUT2D eigenvalue weighted by Gasteiger charge is 2.21. The number of fused-ring (bicyclic) bond motifs is 1. The van der Waals surface area contributed by atoms with Crippen LogP contribution in [0.4, 0.5) is 0 Å². The van der Waals surface area contributed by atoms with E-state index in [1.807, 2.05) is 6.07 Å². The lowest BCUT2D eigenvalue weighted by molar-refractivity contribution is 0.179. The predicted octanol–water partition coefficient (Wildman–Crippen LogP) is 2.97. The molecule has 1 aromatic carbocycles. The molecule has 0 spiro atoms. The Labute approximate surface area is 128 Å². The fourth-order valence-electron chi connectivity index (χ4n) is 2.85. The van der Waals surface area contributed by atoms with Crippen LogP contribution < -0.4 is 15.2 Å².